The normalized spacial score (nSPS) is 50.4. The molecular formula is C31H46O6. The Hall–Kier alpha value is -1.40. The van der Waals surface area contributed by atoms with Gasteiger partial charge in [-0.1, -0.05) is 32.4 Å². The van der Waals surface area contributed by atoms with Gasteiger partial charge in [-0.05, 0) is 79.4 Å². The van der Waals surface area contributed by atoms with Crippen molar-refractivity contribution < 1.29 is 28.5 Å². The van der Waals surface area contributed by atoms with Crippen molar-refractivity contribution in [3.8, 4) is 0 Å². The Morgan fingerprint density at radius 3 is 2.57 bits per heavy atom. The van der Waals surface area contributed by atoms with E-state index in [-0.39, 0.29) is 35.5 Å². The minimum Gasteiger partial charge on any atom is -0.465 e. The van der Waals surface area contributed by atoms with Crippen LogP contribution in [-0.4, -0.2) is 43.1 Å². The molecule has 5 fully saturated rings. The van der Waals surface area contributed by atoms with Gasteiger partial charge in [0.15, 0.2) is 5.79 Å². The van der Waals surface area contributed by atoms with Crippen molar-refractivity contribution in [1.29, 1.82) is 0 Å². The highest BCUT2D eigenvalue weighted by Crippen LogP contribution is 2.70. The molecular weight excluding hydrogens is 468 g/mol. The Bertz CT molecular complexity index is 965. The molecule has 6 heteroatoms. The largest absolute Gasteiger partial charge is 0.465 e. The molecule has 0 aromatic carbocycles. The number of carbonyl (C=O) groups is 2. The number of rotatable bonds is 3. The average Bonchev–Trinajstić information content (AvgIpc) is 3.29. The third-order valence-electron chi connectivity index (χ3n) is 12.0. The van der Waals surface area contributed by atoms with Crippen LogP contribution in [0.25, 0.3) is 0 Å². The van der Waals surface area contributed by atoms with Crippen LogP contribution >= 0.6 is 0 Å². The van der Waals surface area contributed by atoms with Crippen LogP contribution in [-0.2, 0) is 28.5 Å². The maximum Gasteiger partial charge on any atom is 0.302 e. The van der Waals surface area contributed by atoms with E-state index in [1.807, 2.05) is 0 Å². The molecule has 0 aromatic rings. The van der Waals surface area contributed by atoms with Gasteiger partial charge in [0.25, 0.3) is 0 Å². The molecule has 11 atom stereocenters. The van der Waals surface area contributed by atoms with E-state index in [1.165, 1.54) is 26.7 Å². The van der Waals surface area contributed by atoms with Crippen molar-refractivity contribution in [2.24, 2.45) is 46.3 Å². The summed E-state index contributed by atoms with van der Waals surface area (Å²) in [7, 11) is 0. The summed E-state index contributed by atoms with van der Waals surface area (Å²) in [5.74, 6) is 2.49. The summed E-state index contributed by atoms with van der Waals surface area (Å²) in [5, 5.41) is 0. The van der Waals surface area contributed by atoms with Crippen molar-refractivity contribution in [3.63, 3.8) is 0 Å². The minimum atomic E-state index is -0.465. The van der Waals surface area contributed by atoms with Gasteiger partial charge in [-0.15, -0.1) is 0 Å². The van der Waals surface area contributed by atoms with Crippen molar-refractivity contribution >= 4 is 11.9 Å². The molecule has 6 aliphatic rings. The maximum absolute atomic E-state index is 11.6. The molecule has 2 aliphatic heterocycles. The zero-order chi connectivity index (χ0) is 26.2. The molecule has 2 saturated heterocycles. The van der Waals surface area contributed by atoms with Gasteiger partial charge >= 0.3 is 11.9 Å². The average molecular weight is 515 g/mol. The number of allylic oxidation sites excluding steroid dienone is 1. The van der Waals surface area contributed by atoms with E-state index in [0.717, 1.165) is 56.8 Å². The topological polar surface area (TPSA) is 71.1 Å². The van der Waals surface area contributed by atoms with Crippen LogP contribution in [0.5, 0.6) is 0 Å². The van der Waals surface area contributed by atoms with Gasteiger partial charge in [0, 0.05) is 38.5 Å². The lowest BCUT2D eigenvalue weighted by Gasteiger charge is -2.58. The van der Waals surface area contributed by atoms with Gasteiger partial charge < -0.3 is 18.9 Å². The highest BCUT2D eigenvalue weighted by molar-refractivity contribution is 5.66. The van der Waals surface area contributed by atoms with Gasteiger partial charge in [0.2, 0.25) is 0 Å². The predicted octanol–water partition coefficient (Wildman–Crippen LogP) is 5.83. The van der Waals surface area contributed by atoms with Crippen LogP contribution < -0.4 is 0 Å². The number of carbonyl (C=O) groups excluding carboxylic acids is 2. The molecule has 3 saturated carbocycles. The molecule has 1 spiro atoms. The van der Waals surface area contributed by atoms with Crippen molar-refractivity contribution in [1.82, 2.24) is 0 Å². The molecule has 6 rings (SSSR count). The molecule has 0 aromatic heterocycles. The molecule has 37 heavy (non-hydrogen) atoms. The molecule has 0 amide bonds. The maximum atomic E-state index is 11.6. The van der Waals surface area contributed by atoms with E-state index in [2.05, 4.69) is 26.8 Å². The molecule has 206 valence electrons. The van der Waals surface area contributed by atoms with Crippen LogP contribution in [0.1, 0.15) is 92.4 Å². The molecule has 0 N–H and O–H groups in total. The lowest BCUT2D eigenvalue weighted by molar-refractivity contribution is -0.275. The summed E-state index contributed by atoms with van der Waals surface area (Å²) in [6.45, 7) is 11.5. The summed E-state index contributed by atoms with van der Waals surface area (Å²) in [4.78, 5) is 22.8. The predicted molar refractivity (Wildman–Crippen MR) is 138 cm³/mol. The molecule has 2 unspecified atom stereocenters. The number of hydrogen-bond acceptors (Lipinski definition) is 6. The Morgan fingerprint density at radius 2 is 1.86 bits per heavy atom. The van der Waals surface area contributed by atoms with Crippen LogP contribution in [0.15, 0.2) is 11.6 Å². The Morgan fingerprint density at radius 1 is 1.05 bits per heavy atom. The Labute approximate surface area is 222 Å². The van der Waals surface area contributed by atoms with E-state index < -0.39 is 5.79 Å². The van der Waals surface area contributed by atoms with Gasteiger partial charge in [0.1, 0.15) is 6.10 Å². The Balaban J connectivity index is 1.16. The van der Waals surface area contributed by atoms with Crippen LogP contribution in [0.2, 0.25) is 0 Å². The van der Waals surface area contributed by atoms with Gasteiger partial charge in [0.05, 0.1) is 19.3 Å². The number of esters is 2. The SMILES string of the molecule is CC(=O)OCC1CC[C@@]2(OC1)O[C@H]1C[C@H]3[C@@H]4CC=C5CC(OC(C)=O)CC[C@]5(C)[C@H]4CC[C@]3(C)[C@H]1[C@@H]2C. The van der Waals surface area contributed by atoms with Crippen LogP contribution in [0, 0.1) is 46.3 Å². The van der Waals surface area contributed by atoms with Gasteiger partial charge in [-0.2, -0.15) is 0 Å². The zero-order valence-electron chi connectivity index (χ0n) is 23.4. The third-order valence-corrected chi connectivity index (χ3v) is 12.0. The van der Waals surface area contributed by atoms with E-state index in [1.54, 1.807) is 5.57 Å². The highest BCUT2D eigenvalue weighted by Gasteiger charge is 2.68. The zero-order valence-corrected chi connectivity index (χ0v) is 23.4. The van der Waals surface area contributed by atoms with E-state index in [0.29, 0.717) is 36.4 Å². The fourth-order valence-electron chi connectivity index (χ4n) is 10.3. The highest BCUT2D eigenvalue weighted by atomic mass is 16.7. The number of fused-ring (bicyclic) bond motifs is 7. The summed E-state index contributed by atoms with van der Waals surface area (Å²) in [6, 6.07) is 0. The first-order chi connectivity index (χ1) is 17.6. The summed E-state index contributed by atoms with van der Waals surface area (Å²) >= 11 is 0. The standard InChI is InChI=1S/C31H46O6/c1-18-28-27(37-31(18)13-8-21(17-35-31)16-34-19(2)32)15-26-24-7-6-22-14-23(36-20(3)33)9-11-29(22,4)25(24)10-12-30(26,28)5/h6,18,21,23-28H,7-17H2,1-5H3/t18-,21?,23?,24+,25-,26-,27-,28-,29-,30-,31+/m0/s1. The summed E-state index contributed by atoms with van der Waals surface area (Å²) in [6.07, 6.45) is 12.7. The van der Waals surface area contributed by atoms with E-state index in [9.17, 15) is 9.59 Å². The van der Waals surface area contributed by atoms with Gasteiger partial charge in [-0.25, -0.2) is 0 Å². The van der Waals surface area contributed by atoms with Crippen molar-refractivity contribution in [3.05, 3.63) is 11.6 Å². The summed E-state index contributed by atoms with van der Waals surface area (Å²) in [5.41, 5.74) is 2.09. The Kier molecular flexibility index (Phi) is 6.34. The monoisotopic (exact) mass is 514 g/mol. The second-order valence-electron chi connectivity index (χ2n) is 13.8. The van der Waals surface area contributed by atoms with Gasteiger partial charge in [-0.3, -0.25) is 9.59 Å². The summed E-state index contributed by atoms with van der Waals surface area (Å²) < 4.78 is 24.3. The quantitative estimate of drug-likeness (QED) is 0.349. The van der Waals surface area contributed by atoms with E-state index >= 15 is 0 Å². The molecule has 6 nitrogen and oxygen atoms in total. The first-order valence-electron chi connectivity index (χ1n) is 14.9. The molecule has 2 heterocycles. The second kappa shape index (κ2) is 9.08. The lowest BCUT2D eigenvalue weighted by Crippen LogP contribution is -2.52. The van der Waals surface area contributed by atoms with Crippen molar-refractivity contribution in [2.75, 3.05) is 13.2 Å². The molecule has 0 radical (unpaired) electrons. The minimum absolute atomic E-state index is 0.0580. The smallest absolute Gasteiger partial charge is 0.302 e. The van der Waals surface area contributed by atoms with E-state index in [4.69, 9.17) is 18.9 Å². The second-order valence-corrected chi connectivity index (χ2v) is 13.8. The molecule has 0 bridgehead atoms. The van der Waals surface area contributed by atoms with Crippen LogP contribution in [0.4, 0.5) is 0 Å². The van der Waals surface area contributed by atoms with Crippen LogP contribution in [0.3, 0.4) is 0 Å². The fourth-order valence-corrected chi connectivity index (χ4v) is 10.3. The third kappa shape index (κ3) is 4.02. The lowest BCUT2D eigenvalue weighted by atomic mass is 9.47. The first-order valence-corrected chi connectivity index (χ1v) is 14.9. The van der Waals surface area contributed by atoms with Crippen molar-refractivity contribution in [2.45, 2.75) is 110 Å². The number of hydrogen-bond donors (Lipinski definition) is 0. The fraction of sp³-hybridized carbons (Fsp3) is 0.871. The number of ether oxygens (including phenoxy) is 4. The molecule has 4 aliphatic carbocycles. The first kappa shape index (κ1) is 25.9.